The van der Waals surface area contributed by atoms with E-state index >= 15 is 0 Å². The van der Waals surface area contributed by atoms with Crippen molar-refractivity contribution < 1.29 is 14.7 Å². The molecule has 0 radical (unpaired) electrons. The zero-order valence-corrected chi connectivity index (χ0v) is 14.8. The van der Waals surface area contributed by atoms with Crippen molar-refractivity contribution in [1.29, 1.82) is 0 Å². The molecule has 27 heavy (non-hydrogen) atoms. The number of fused-ring (bicyclic) bond motifs is 1. The summed E-state index contributed by atoms with van der Waals surface area (Å²) in [5.74, 6) is -1.30. The first-order valence-corrected chi connectivity index (χ1v) is 8.78. The predicted molar refractivity (Wildman–Crippen MR) is 101 cm³/mol. The Morgan fingerprint density at radius 3 is 2.81 bits per heavy atom. The number of aliphatic hydroxyl groups excluding tert-OH is 1. The van der Waals surface area contributed by atoms with Crippen LogP contribution in [0.3, 0.4) is 0 Å². The van der Waals surface area contributed by atoms with Crippen LogP contribution >= 0.6 is 0 Å². The number of carbonyl (C=O) groups excluding carboxylic acids is 2. The Morgan fingerprint density at radius 2 is 2.07 bits per heavy atom. The zero-order valence-electron chi connectivity index (χ0n) is 14.8. The largest absolute Gasteiger partial charge is 0.503 e. The lowest BCUT2D eigenvalue weighted by molar-refractivity contribution is -0.129. The summed E-state index contributed by atoms with van der Waals surface area (Å²) >= 11 is 0. The maximum absolute atomic E-state index is 12.7. The summed E-state index contributed by atoms with van der Waals surface area (Å²) in [6.07, 6.45) is 5.79. The monoisotopic (exact) mass is 361 g/mol. The van der Waals surface area contributed by atoms with E-state index < -0.39 is 17.7 Å². The number of ketones is 1. The van der Waals surface area contributed by atoms with Crippen LogP contribution < -0.4 is 0 Å². The van der Waals surface area contributed by atoms with Crippen LogP contribution in [0.4, 0.5) is 0 Å². The molecule has 0 fully saturated rings. The average Bonchev–Trinajstić information content (AvgIpc) is 3.20. The zero-order chi connectivity index (χ0) is 19.0. The second-order valence-corrected chi connectivity index (χ2v) is 6.62. The number of benzene rings is 1. The van der Waals surface area contributed by atoms with E-state index in [-0.39, 0.29) is 11.4 Å². The molecule has 3 aromatic rings. The maximum Gasteiger partial charge on any atom is 0.290 e. The quantitative estimate of drug-likeness (QED) is 0.731. The molecule has 6 heteroatoms. The second kappa shape index (κ2) is 6.72. The highest BCUT2D eigenvalue weighted by molar-refractivity contribution is 6.08. The third-order valence-electron chi connectivity index (χ3n) is 4.98. The number of carbonyl (C=O) groups is 2. The van der Waals surface area contributed by atoms with E-state index in [1.165, 1.54) is 6.92 Å². The molecule has 0 saturated carbocycles. The number of Topliss-reactive ketones (excluding diaryl/α,β-unsaturated/α-hetero) is 1. The van der Waals surface area contributed by atoms with E-state index in [0.29, 0.717) is 18.5 Å². The third-order valence-corrected chi connectivity index (χ3v) is 4.98. The number of amides is 1. The molecule has 1 aliphatic heterocycles. The van der Waals surface area contributed by atoms with Gasteiger partial charge in [0.1, 0.15) is 0 Å². The third kappa shape index (κ3) is 2.89. The molecule has 0 spiro atoms. The van der Waals surface area contributed by atoms with E-state index in [9.17, 15) is 14.7 Å². The summed E-state index contributed by atoms with van der Waals surface area (Å²) < 4.78 is 0. The number of hydrogen-bond acceptors (Lipinski definition) is 4. The van der Waals surface area contributed by atoms with Crippen molar-refractivity contribution in [3.63, 3.8) is 0 Å². The number of nitrogens with zero attached hydrogens (tertiary/aromatic N) is 2. The Labute approximate surface area is 156 Å². The lowest BCUT2D eigenvalue weighted by atomic mass is 9.98. The van der Waals surface area contributed by atoms with Crippen molar-refractivity contribution in [3.05, 3.63) is 77.4 Å². The van der Waals surface area contributed by atoms with Crippen molar-refractivity contribution in [3.8, 4) is 0 Å². The number of rotatable bonds is 5. The van der Waals surface area contributed by atoms with Gasteiger partial charge in [0.05, 0.1) is 11.6 Å². The van der Waals surface area contributed by atoms with E-state index in [0.717, 1.165) is 16.5 Å². The van der Waals surface area contributed by atoms with Crippen LogP contribution in [0.1, 0.15) is 24.1 Å². The molecule has 4 rings (SSSR count). The first kappa shape index (κ1) is 17.0. The van der Waals surface area contributed by atoms with Crippen molar-refractivity contribution in [2.45, 2.75) is 19.4 Å². The van der Waals surface area contributed by atoms with Gasteiger partial charge in [0.15, 0.2) is 11.5 Å². The van der Waals surface area contributed by atoms with Crippen LogP contribution in [0.5, 0.6) is 0 Å². The fraction of sp³-hybridized carbons (Fsp3) is 0.190. The van der Waals surface area contributed by atoms with Gasteiger partial charge in [-0.1, -0.05) is 24.3 Å². The Hall–Kier alpha value is -3.41. The average molecular weight is 361 g/mol. The molecule has 2 aromatic heterocycles. The molecule has 0 aliphatic carbocycles. The van der Waals surface area contributed by atoms with Crippen LogP contribution in [0.2, 0.25) is 0 Å². The minimum atomic E-state index is -0.617. The van der Waals surface area contributed by atoms with Gasteiger partial charge in [-0.05, 0) is 36.6 Å². The van der Waals surface area contributed by atoms with Crippen LogP contribution in [0, 0.1) is 0 Å². The van der Waals surface area contributed by atoms with E-state index in [4.69, 9.17) is 0 Å². The summed E-state index contributed by atoms with van der Waals surface area (Å²) in [6, 6.07) is 10.9. The molecule has 1 aliphatic rings. The Kier molecular flexibility index (Phi) is 4.24. The van der Waals surface area contributed by atoms with Crippen molar-refractivity contribution >= 4 is 22.6 Å². The molecule has 1 aromatic carbocycles. The van der Waals surface area contributed by atoms with E-state index in [1.54, 1.807) is 23.4 Å². The van der Waals surface area contributed by atoms with Crippen LogP contribution in [0.25, 0.3) is 10.9 Å². The van der Waals surface area contributed by atoms with Crippen LogP contribution in [0.15, 0.2) is 66.3 Å². The summed E-state index contributed by atoms with van der Waals surface area (Å²) in [4.78, 5) is 33.7. The summed E-state index contributed by atoms with van der Waals surface area (Å²) in [7, 11) is 0. The van der Waals surface area contributed by atoms with Gasteiger partial charge in [0.25, 0.3) is 5.91 Å². The minimum Gasteiger partial charge on any atom is -0.503 e. The number of hydrogen-bond donors (Lipinski definition) is 2. The number of pyridine rings is 1. The van der Waals surface area contributed by atoms with Gasteiger partial charge in [-0.25, -0.2) is 0 Å². The SMILES string of the molecule is CC(=O)C1=C(O)C(=O)N(CCc2c[nH]c3ccccc23)[C@H]1c1cccnc1. The van der Waals surface area contributed by atoms with Gasteiger partial charge in [0.2, 0.25) is 0 Å². The summed E-state index contributed by atoms with van der Waals surface area (Å²) in [5.41, 5.74) is 2.96. The number of nitrogens with one attached hydrogen (secondary N) is 1. The van der Waals surface area contributed by atoms with Gasteiger partial charge in [-0.2, -0.15) is 0 Å². The van der Waals surface area contributed by atoms with Crippen molar-refractivity contribution in [2.24, 2.45) is 0 Å². The maximum atomic E-state index is 12.7. The molecule has 1 amide bonds. The molecule has 6 nitrogen and oxygen atoms in total. The van der Waals surface area contributed by atoms with Crippen LogP contribution in [-0.2, 0) is 16.0 Å². The van der Waals surface area contributed by atoms with Gasteiger partial charge >= 0.3 is 0 Å². The lowest BCUT2D eigenvalue weighted by Gasteiger charge is -2.26. The number of H-pyrrole nitrogens is 1. The number of aromatic nitrogens is 2. The van der Waals surface area contributed by atoms with Crippen molar-refractivity contribution in [1.82, 2.24) is 14.9 Å². The Balaban J connectivity index is 1.66. The summed E-state index contributed by atoms with van der Waals surface area (Å²) in [5, 5.41) is 11.4. The molecule has 0 bridgehead atoms. The first-order chi connectivity index (χ1) is 13.1. The number of aromatic amines is 1. The second-order valence-electron chi connectivity index (χ2n) is 6.62. The Morgan fingerprint density at radius 1 is 1.26 bits per heavy atom. The van der Waals surface area contributed by atoms with Crippen molar-refractivity contribution in [2.75, 3.05) is 6.54 Å². The number of para-hydroxylation sites is 1. The highest BCUT2D eigenvalue weighted by atomic mass is 16.3. The first-order valence-electron chi connectivity index (χ1n) is 8.78. The van der Waals surface area contributed by atoms with Gasteiger partial charge < -0.3 is 15.0 Å². The molecule has 136 valence electrons. The number of aliphatic hydroxyl groups is 1. The topological polar surface area (TPSA) is 86.3 Å². The molecule has 0 unspecified atom stereocenters. The molecule has 1 atom stereocenters. The smallest absolute Gasteiger partial charge is 0.290 e. The van der Waals surface area contributed by atoms with Gasteiger partial charge in [-0.3, -0.25) is 14.6 Å². The molecular formula is C21H19N3O3. The molecule has 2 N–H and O–H groups in total. The lowest BCUT2D eigenvalue weighted by Crippen LogP contribution is -2.33. The molecule has 0 saturated heterocycles. The predicted octanol–water partition coefficient (Wildman–Crippen LogP) is 3.09. The van der Waals surface area contributed by atoms with Gasteiger partial charge in [-0.15, -0.1) is 0 Å². The fourth-order valence-corrected chi connectivity index (χ4v) is 3.71. The van der Waals surface area contributed by atoms with E-state index in [2.05, 4.69) is 9.97 Å². The Bertz CT molecular complexity index is 1050. The highest BCUT2D eigenvalue weighted by Gasteiger charge is 2.42. The standard InChI is InChI=1S/C21H19N3O3/c1-13(25)18-19(15-5-4-9-22-11-15)24(21(27)20(18)26)10-8-14-12-23-17-7-3-2-6-16(14)17/h2-7,9,11-12,19,23,26H,8,10H2,1H3/t19-/m0/s1. The normalized spacial score (nSPS) is 17.1. The van der Waals surface area contributed by atoms with Crippen LogP contribution in [-0.4, -0.2) is 38.2 Å². The molecular weight excluding hydrogens is 342 g/mol. The van der Waals surface area contributed by atoms with E-state index in [1.807, 2.05) is 36.5 Å². The highest BCUT2D eigenvalue weighted by Crippen LogP contribution is 2.37. The fourth-order valence-electron chi connectivity index (χ4n) is 3.71. The molecule has 3 heterocycles. The summed E-state index contributed by atoms with van der Waals surface area (Å²) in [6.45, 7) is 1.74. The van der Waals surface area contributed by atoms with Gasteiger partial charge in [0, 0.05) is 36.0 Å². The minimum absolute atomic E-state index is 0.131.